The van der Waals surface area contributed by atoms with E-state index in [2.05, 4.69) is 5.32 Å². The maximum atomic E-state index is 12.1. The van der Waals surface area contributed by atoms with Crippen molar-refractivity contribution >= 4 is 22.0 Å². The predicted molar refractivity (Wildman–Crippen MR) is 93.8 cm³/mol. The van der Waals surface area contributed by atoms with E-state index in [1.54, 1.807) is 32.9 Å². The summed E-state index contributed by atoms with van der Waals surface area (Å²) in [7, 11) is -3.65. The van der Waals surface area contributed by atoms with Crippen molar-refractivity contribution in [3.63, 3.8) is 0 Å². The second-order valence-electron chi connectivity index (χ2n) is 6.78. The standard InChI is InChI=1S/C17H25NO6S/c1-12(19)18-11-14(10-16(20)23-17(2,3)4)13-7-6-8-15(9-13)24-25(5,21)22/h6-9,14H,10-11H2,1-5H3,(H,18,19). The maximum absolute atomic E-state index is 12.1. The fraction of sp³-hybridized carbons (Fsp3) is 0.529. The van der Waals surface area contributed by atoms with Crippen molar-refractivity contribution < 1.29 is 26.9 Å². The van der Waals surface area contributed by atoms with Gasteiger partial charge in [0, 0.05) is 19.4 Å². The van der Waals surface area contributed by atoms with Gasteiger partial charge in [-0.3, -0.25) is 9.59 Å². The summed E-state index contributed by atoms with van der Waals surface area (Å²) in [5.74, 6) is -0.853. The van der Waals surface area contributed by atoms with Crippen molar-refractivity contribution in [2.75, 3.05) is 12.8 Å². The van der Waals surface area contributed by atoms with Gasteiger partial charge in [-0.2, -0.15) is 8.42 Å². The summed E-state index contributed by atoms with van der Waals surface area (Å²) in [6.45, 7) is 6.92. The second kappa shape index (κ2) is 8.33. The number of hydrogen-bond acceptors (Lipinski definition) is 6. The number of hydrogen-bond donors (Lipinski definition) is 1. The number of ether oxygens (including phenoxy) is 1. The first kappa shape index (κ1) is 21.0. The van der Waals surface area contributed by atoms with Crippen LogP contribution in [0.2, 0.25) is 0 Å². The van der Waals surface area contributed by atoms with Gasteiger partial charge in [-0.15, -0.1) is 0 Å². The molecule has 0 spiro atoms. The average molecular weight is 371 g/mol. The Balaban J connectivity index is 3.00. The van der Waals surface area contributed by atoms with Gasteiger partial charge >= 0.3 is 16.1 Å². The lowest BCUT2D eigenvalue weighted by Gasteiger charge is -2.23. The Kier molecular flexibility index (Phi) is 6.98. The van der Waals surface area contributed by atoms with Gasteiger partial charge in [0.05, 0.1) is 12.7 Å². The van der Waals surface area contributed by atoms with Crippen LogP contribution in [0.1, 0.15) is 45.6 Å². The summed E-state index contributed by atoms with van der Waals surface area (Å²) in [5.41, 5.74) is 0.0532. The van der Waals surface area contributed by atoms with Crippen LogP contribution in [-0.2, 0) is 24.4 Å². The molecule has 0 aromatic heterocycles. The summed E-state index contributed by atoms with van der Waals surface area (Å²) in [5, 5.41) is 2.67. The molecule has 0 aliphatic carbocycles. The number of carbonyl (C=O) groups excluding carboxylic acids is 2. The third-order valence-corrected chi connectivity index (χ3v) is 3.50. The van der Waals surface area contributed by atoms with Gasteiger partial charge in [-0.05, 0) is 38.5 Å². The molecule has 0 bridgehead atoms. The van der Waals surface area contributed by atoms with E-state index in [1.165, 1.54) is 19.1 Å². The van der Waals surface area contributed by atoms with E-state index in [0.29, 0.717) is 5.56 Å². The molecule has 1 atom stereocenters. The average Bonchev–Trinajstić information content (AvgIpc) is 2.39. The van der Waals surface area contributed by atoms with Gasteiger partial charge in [0.1, 0.15) is 11.4 Å². The van der Waals surface area contributed by atoms with Gasteiger partial charge in [-0.1, -0.05) is 12.1 Å². The highest BCUT2D eigenvalue weighted by Crippen LogP contribution is 2.25. The fourth-order valence-corrected chi connectivity index (χ4v) is 2.61. The Morgan fingerprint density at radius 1 is 1.24 bits per heavy atom. The van der Waals surface area contributed by atoms with E-state index in [0.717, 1.165) is 6.26 Å². The van der Waals surface area contributed by atoms with E-state index in [9.17, 15) is 18.0 Å². The molecule has 0 heterocycles. The molecule has 0 saturated carbocycles. The van der Waals surface area contributed by atoms with Crippen molar-refractivity contribution in [3.05, 3.63) is 29.8 Å². The third kappa shape index (κ3) is 9.09. The quantitative estimate of drug-likeness (QED) is 0.581. The van der Waals surface area contributed by atoms with Crippen LogP contribution in [0.4, 0.5) is 0 Å². The molecule has 1 aromatic rings. The van der Waals surface area contributed by atoms with Gasteiger partial charge < -0.3 is 14.2 Å². The van der Waals surface area contributed by atoms with Crippen molar-refractivity contribution in [3.8, 4) is 5.75 Å². The number of carbonyl (C=O) groups is 2. The monoisotopic (exact) mass is 371 g/mol. The van der Waals surface area contributed by atoms with E-state index >= 15 is 0 Å². The summed E-state index contributed by atoms with van der Waals surface area (Å²) >= 11 is 0. The SMILES string of the molecule is CC(=O)NCC(CC(=O)OC(C)(C)C)c1cccc(OS(C)(=O)=O)c1. The van der Waals surface area contributed by atoms with E-state index in [4.69, 9.17) is 8.92 Å². The lowest BCUT2D eigenvalue weighted by molar-refractivity contribution is -0.155. The van der Waals surface area contributed by atoms with Crippen molar-refractivity contribution in [1.82, 2.24) is 5.32 Å². The molecule has 1 amide bonds. The lowest BCUT2D eigenvalue weighted by Crippen LogP contribution is -2.30. The largest absolute Gasteiger partial charge is 0.460 e. The minimum absolute atomic E-state index is 0.0415. The van der Waals surface area contributed by atoms with Gasteiger partial charge in [0.15, 0.2) is 0 Å². The number of rotatable bonds is 7. The molecule has 25 heavy (non-hydrogen) atoms. The molecule has 8 heteroatoms. The Labute approximate surface area is 148 Å². The van der Waals surface area contributed by atoms with Crippen LogP contribution < -0.4 is 9.50 Å². The van der Waals surface area contributed by atoms with Gasteiger partial charge in [0.25, 0.3) is 0 Å². The van der Waals surface area contributed by atoms with Crippen LogP contribution in [0, 0.1) is 0 Å². The molecule has 0 saturated heterocycles. The van der Waals surface area contributed by atoms with E-state index in [-0.39, 0.29) is 30.5 Å². The first-order chi connectivity index (χ1) is 11.4. The zero-order valence-corrected chi connectivity index (χ0v) is 16.0. The topological polar surface area (TPSA) is 98.8 Å². The Morgan fingerprint density at radius 3 is 2.40 bits per heavy atom. The third-order valence-electron chi connectivity index (χ3n) is 3.01. The molecule has 1 aromatic carbocycles. The first-order valence-electron chi connectivity index (χ1n) is 7.81. The van der Waals surface area contributed by atoms with Gasteiger partial charge in [-0.25, -0.2) is 0 Å². The molecule has 0 fully saturated rings. The molecule has 7 nitrogen and oxygen atoms in total. The molecule has 1 unspecified atom stereocenters. The summed E-state index contributed by atoms with van der Waals surface area (Å²) in [6, 6.07) is 6.42. The van der Waals surface area contributed by atoms with Crippen LogP contribution in [0.25, 0.3) is 0 Å². The summed E-state index contributed by atoms with van der Waals surface area (Å²) < 4.78 is 32.8. The van der Waals surface area contributed by atoms with E-state index < -0.39 is 21.7 Å². The van der Waals surface area contributed by atoms with Crippen molar-refractivity contribution in [2.24, 2.45) is 0 Å². The van der Waals surface area contributed by atoms with Crippen LogP contribution in [0.3, 0.4) is 0 Å². The van der Waals surface area contributed by atoms with Crippen LogP contribution in [0.5, 0.6) is 5.75 Å². The smallest absolute Gasteiger partial charge is 0.306 e. The molecule has 0 aliphatic rings. The molecule has 1 rings (SSSR count). The normalized spacial score (nSPS) is 13.0. The molecular formula is C17H25NO6S. The zero-order chi connectivity index (χ0) is 19.3. The Bertz CT molecular complexity index is 721. The zero-order valence-electron chi connectivity index (χ0n) is 15.2. The predicted octanol–water partition coefficient (Wildman–Crippen LogP) is 1.98. The highest BCUT2D eigenvalue weighted by atomic mass is 32.2. The molecular weight excluding hydrogens is 346 g/mol. The number of esters is 1. The van der Waals surface area contributed by atoms with Crippen LogP contribution in [0.15, 0.2) is 24.3 Å². The minimum Gasteiger partial charge on any atom is -0.460 e. The molecule has 140 valence electrons. The number of amides is 1. The summed E-state index contributed by atoms with van der Waals surface area (Å²) in [4.78, 5) is 23.4. The Hall–Kier alpha value is -2.09. The lowest BCUT2D eigenvalue weighted by atomic mass is 9.95. The van der Waals surface area contributed by atoms with Crippen molar-refractivity contribution in [1.29, 1.82) is 0 Å². The fourth-order valence-electron chi connectivity index (χ4n) is 2.15. The second-order valence-corrected chi connectivity index (χ2v) is 8.36. The van der Waals surface area contributed by atoms with Crippen molar-refractivity contribution in [2.45, 2.75) is 45.6 Å². The minimum atomic E-state index is -3.65. The summed E-state index contributed by atoms with van der Waals surface area (Å²) in [6.07, 6.45) is 0.995. The van der Waals surface area contributed by atoms with Crippen LogP contribution in [-0.4, -0.2) is 38.7 Å². The molecule has 0 aliphatic heterocycles. The molecule has 1 N–H and O–H groups in total. The Morgan fingerprint density at radius 2 is 1.88 bits per heavy atom. The molecule has 0 radical (unpaired) electrons. The van der Waals surface area contributed by atoms with Crippen LogP contribution >= 0.6 is 0 Å². The highest BCUT2D eigenvalue weighted by molar-refractivity contribution is 7.86. The highest BCUT2D eigenvalue weighted by Gasteiger charge is 2.22. The van der Waals surface area contributed by atoms with Gasteiger partial charge in [0.2, 0.25) is 5.91 Å². The van der Waals surface area contributed by atoms with E-state index in [1.807, 2.05) is 0 Å². The number of nitrogens with one attached hydrogen (secondary N) is 1. The number of benzene rings is 1. The first-order valence-corrected chi connectivity index (χ1v) is 9.63. The maximum Gasteiger partial charge on any atom is 0.306 e.